The Morgan fingerprint density at radius 3 is 2.72 bits per heavy atom. The summed E-state index contributed by atoms with van der Waals surface area (Å²) in [5.41, 5.74) is 1.40. The molecule has 2 aromatic rings. The normalized spacial score (nSPS) is 9.89. The molecule has 0 atom stereocenters. The molecule has 0 spiro atoms. The maximum Gasteiger partial charge on any atom is 0.125 e. The Morgan fingerprint density at radius 1 is 1.22 bits per heavy atom. The summed E-state index contributed by atoms with van der Waals surface area (Å²) in [7, 11) is 0. The number of benzene rings is 2. The summed E-state index contributed by atoms with van der Waals surface area (Å²) in [5.74, 6) is -0.360. The van der Waals surface area contributed by atoms with Gasteiger partial charge in [0.05, 0.1) is 22.0 Å². The van der Waals surface area contributed by atoms with Gasteiger partial charge in [0.1, 0.15) is 11.9 Å². The van der Waals surface area contributed by atoms with Crippen LogP contribution in [0.5, 0.6) is 0 Å². The molecule has 0 heterocycles. The van der Waals surface area contributed by atoms with Gasteiger partial charge in [-0.15, -0.1) is 0 Å². The maximum atomic E-state index is 13.2. The van der Waals surface area contributed by atoms with Crippen molar-refractivity contribution in [1.29, 1.82) is 5.26 Å². The third kappa shape index (κ3) is 2.63. The van der Waals surface area contributed by atoms with Crippen molar-refractivity contribution in [3.8, 4) is 6.07 Å². The summed E-state index contributed by atoms with van der Waals surface area (Å²) in [6, 6.07) is 11.4. The molecule has 0 unspecified atom stereocenters. The molecule has 0 aliphatic rings. The van der Waals surface area contributed by atoms with Crippen LogP contribution in [0.25, 0.3) is 0 Å². The van der Waals surface area contributed by atoms with E-state index in [0.29, 0.717) is 26.4 Å². The van der Waals surface area contributed by atoms with Gasteiger partial charge in [0.25, 0.3) is 0 Å². The topological polar surface area (TPSA) is 35.8 Å². The highest BCUT2D eigenvalue weighted by molar-refractivity contribution is 9.10. The fraction of sp³-hybridized carbons (Fsp3) is 0. The van der Waals surface area contributed by atoms with Crippen LogP contribution in [0.1, 0.15) is 5.56 Å². The second-order valence-corrected chi connectivity index (χ2v) is 4.78. The lowest BCUT2D eigenvalue weighted by Gasteiger charge is -2.10. The highest BCUT2D eigenvalue weighted by Gasteiger charge is 2.08. The van der Waals surface area contributed by atoms with E-state index in [1.54, 1.807) is 24.3 Å². The molecule has 2 nitrogen and oxygen atoms in total. The standard InChI is InChI=1S/C13H7BrClFN2/c14-10-5-4-8(16)6-13(10)18-12-3-1-2-11(15)9(12)7-17/h1-6,18H. The number of halogens is 3. The molecule has 5 heteroatoms. The van der Waals surface area contributed by atoms with E-state index >= 15 is 0 Å². The minimum absolute atomic E-state index is 0.329. The lowest BCUT2D eigenvalue weighted by molar-refractivity contribution is 0.628. The third-order valence-corrected chi connectivity index (χ3v) is 3.33. The van der Waals surface area contributed by atoms with Crippen LogP contribution in [0.3, 0.4) is 0 Å². The van der Waals surface area contributed by atoms with Gasteiger partial charge in [-0.1, -0.05) is 17.7 Å². The molecule has 0 aromatic heterocycles. The Morgan fingerprint density at radius 2 is 2.00 bits per heavy atom. The van der Waals surface area contributed by atoms with Gasteiger partial charge < -0.3 is 5.32 Å². The average Bonchev–Trinajstić information content (AvgIpc) is 2.34. The summed E-state index contributed by atoms with van der Waals surface area (Å²) in [6.07, 6.45) is 0. The number of hydrogen-bond donors (Lipinski definition) is 1. The molecule has 0 amide bonds. The smallest absolute Gasteiger partial charge is 0.125 e. The fourth-order valence-corrected chi connectivity index (χ4v) is 2.04. The minimum Gasteiger partial charge on any atom is -0.353 e. The first-order valence-corrected chi connectivity index (χ1v) is 6.19. The molecular weight excluding hydrogens is 319 g/mol. The van der Waals surface area contributed by atoms with Crippen molar-refractivity contribution in [2.45, 2.75) is 0 Å². The maximum absolute atomic E-state index is 13.2. The van der Waals surface area contributed by atoms with Gasteiger partial charge in [0, 0.05) is 4.47 Å². The zero-order valence-electron chi connectivity index (χ0n) is 9.05. The molecule has 0 bridgehead atoms. The zero-order valence-corrected chi connectivity index (χ0v) is 11.4. The van der Waals surface area contributed by atoms with E-state index in [1.807, 2.05) is 6.07 Å². The van der Waals surface area contributed by atoms with Gasteiger partial charge in [0.2, 0.25) is 0 Å². The highest BCUT2D eigenvalue weighted by atomic mass is 79.9. The van der Waals surface area contributed by atoms with Gasteiger partial charge in [0.15, 0.2) is 0 Å². The van der Waals surface area contributed by atoms with Crippen molar-refractivity contribution < 1.29 is 4.39 Å². The minimum atomic E-state index is -0.360. The number of nitriles is 1. The molecule has 0 aliphatic heterocycles. The van der Waals surface area contributed by atoms with E-state index in [-0.39, 0.29) is 5.82 Å². The molecular formula is C13H7BrClFN2. The highest BCUT2D eigenvalue weighted by Crippen LogP contribution is 2.30. The lowest BCUT2D eigenvalue weighted by Crippen LogP contribution is -1.95. The molecule has 2 rings (SSSR count). The van der Waals surface area contributed by atoms with Crippen LogP contribution in [0, 0.1) is 17.1 Å². The van der Waals surface area contributed by atoms with Crippen LogP contribution < -0.4 is 5.32 Å². The Kier molecular flexibility index (Phi) is 3.85. The van der Waals surface area contributed by atoms with Crippen molar-refractivity contribution in [3.05, 3.63) is 57.3 Å². The predicted molar refractivity (Wildman–Crippen MR) is 73.5 cm³/mol. The molecule has 0 fully saturated rings. The number of nitrogens with zero attached hydrogens (tertiary/aromatic N) is 1. The van der Waals surface area contributed by atoms with E-state index in [9.17, 15) is 4.39 Å². The van der Waals surface area contributed by atoms with Crippen molar-refractivity contribution in [2.24, 2.45) is 0 Å². The van der Waals surface area contributed by atoms with Crippen LogP contribution in [0.15, 0.2) is 40.9 Å². The molecule has 0 saturated heterocycles. The van der Waals surface area contributed by atoms with Crippen LogP contribution in [0.2, 0.25) is 5.02 Å². The molecule has 1 N–H and O–H groups in total. The predicted octanol–water partition coefficient (Wildman–Crippen LogP) is 4.86. The molecule has 0 aliphatic carbocycles. The second kappa shape index (κ2) is 5.38. The van der Waals surface area contributed by atoms with E-state index in [0.717, 1.165) is 0 Å². The third-order valence-electron chi connectivity index (χ3n) is 2.32. The Balaban J connectivity index is 2.44. The summed E-state index contributed by atoms with van der Waals surface area (Å²) in [4.78, 5) is 0. The van der Waals surface area contributed by atoms with Gasteiger partial charge in [-0.3, -0.25) is 0 Å². The number of anilines is 2. The summed E-state index contributed by atoms with van der Waals surface area (Å²) in [5, 5.41) is 12.4. The Bertz CT molecular complexity index is 637. The quantitative estimate of drug-likeness (QED) is 0.856. The first-order chi connectivity index (χ1) is 8.61. The van der Waals surface area contributed by atoms with E-state index in [2.05, 4.69) is 21.2 Å². The monoisotopic (exact) mass is 324 g/mol. The SMILES string of the molecule is N#Cc1c(Cl)cccc1Nc1cc(F)ccc1Br. The molecule has 2 aromatic carbocycles. The molecule has 90 valence electrons. The first-order valence-electron chi connectivity index (χ1n) is 5.02. The number of hydrogen-bond acceptors (Lipinski definition) is 2. The van der Waals surface area contributed by atoms with Crippen molar-refractivity contribution in [3.63, 3.8) is 0 Å². The van der Waals surface area contributed by atoms with Crippen molar-refractivity contribution in [1.82, 2.24) is 0 Å². The molecule has 0 saturated carbocycles. The van der Waals surface area contributed by atoms with Crippen LogP contribution in [0.4, 0.5) is 15.8 Å². The van der Waals surface area contributed by atoms with Crippen molar-refractivity contribution >= 4 is 38.9 Å². The Hall–Kier alpha value is -1.57. The largest absolute Gasteiger partial charge is 0.353 e. The van der Waals surface area contributed by atoms with Crippen LogP contribution in [-0.4, -0.2) is 0 Å². The summed E-state index contributed by atoms with van der Waals surface area (Å²) >= 11 is 9.23. The first kappa shape index (κ1) is 12.9. The molecule has 0 radical (unpaired) electrons. The fourth-order valence-electron chi connectivity index (χ4n) is 1.48. The number of nitrogens with one attached hydrogen (secondary N) is 1. The van der Waals surface area contributed by atoms with E-state index < -0.39 is 0 Å². The molecule has 18 heavy (non-hydrogen) atoms. The van der Waals surface area contributed by atoms with Gasteiger partial charge >= 0.3 is 0 Å². The van der Waals surface area contributed by atoms with Crippen LogP contribution >= 0.6 is 27.5 Å². The van der Waals surface area contributed by atoms with Gasteiger partial charge in [-0.05, 0) is 46.3 Å². The van der Waals surface area contributed by atoms with Crippen molar-refractivity contribution in [2.75, 3.05) is 5.32 Å². The van der Waals surface area contributed by atoms with Crippen LogP contribution in [-0.2, 0) is 0 Å². The lowest BCUT2D eigenvalue weighted by atomic mass is 10.2. The van der Waals surface area contributed by atoms with E-state index in [1.165, 1.54) is 12.1 Å². The Labute approximate surface area is 117 Å². The summed E-state index contributed by atoms with van der Waals surface area (Å²) in [6.45, 7) is 0. The number of rotatable bonds is 2. The van der Waals surface area contributed by atoms with E-state index in [4.69, 9.17) is 16.9 Å². The average molecular weight is 326 g/mol. The second-order valence-electron chi connectivity index (χ2n) is 3.52. The summed E-state index contributed by atoms with van der Waals surface area (Å²) < 4.78 is 13.9. The zero-order chi connectivity index (χ0) is 13.1. The van der Waals surface area contributed by atoms with Gasteiger partial charge in [-0.2, -0.15) is 5.26 Å². The van der Waals surface area contributed by atoms with Gasteiger partial charge in [-0.25, -0.2) is 4.39 Å².